The van der Waals surface area contributed by atoms with Gasteiger partial charge in [-0.15, -0.1) is 0 Å². The van der Waals surface area contributed by atoms with Crippen LogP contribution in [0.25, 0.3) is 0 Å². The van der Waals surface area contributed by atoms with Crippen LogP contribution in [0.5, 0.6) is 0 Å². The summed E-state index contributed by atoms with van der Waals surface area (Å²) in [6.07, 6.45) is 0.994. The van der Waals surface area contributed by atoms with Crippen molar-refractivity contribution < 1.29 is 9.47 Å². The average Bonchev–Trinajstić information content (AvgIpc) is 2.30. The molecule has 0 spiro atoms. The van der Waals surface area contributed by atoms with Crippen LogP contribution in [0.15, 0.2) is 0 Å². The van der Waals surface area contributed by atoms with Crippen molar-refractivity contribution in [2.24, 2.45) is 11.7 Å². The van der Waals surface area contributed by atoms with Crippen LogP contribution in [0.3, 0.4) is 0 Å². The van der Waals surface area contributed by atoms with Crippen LogP contribution in [0, 0.1) is 5.92 Å². The Hall–Kier alpha value is -0.160. The molecule has 0 amide bonds. The van der Waals surface area contributed by atoms with Gasteiger partial charge in [-0.2, -0.15) is 0 Å². The summed E-state index contributed by atoms with van der Waals surface area (Å²) in [4.78, 5) is 2.40. The molecule has 0 aromatic rings. The van der Waals surface area contributed by atoms with Gasteiger partial charge in [0.15, 0.2) is 0 Å². The molecule has 4 nitrogen and oxygen atoms in total. The lowest BCUT2D eigenvalue weighted by Crippen LogP contribution is -2.45. The summed E-state index contributed by atoms with van der Waals surface area (Å²) in [5.74, 6) is 0.482. The molecule has 1 aliphatic heterocycles. The molecule has 0 saturated carbocycles. The second-order valence-corrected chi connectivity index (χ2v) is 4.38. The predicted molar refractivity (Wildman–Crippen MR) is 65.5 cm³/mol. The minimum atomic E-state index is 0.301. The van der Waals surface area contributed by atoms with Crippen LogP contribution in [0.2, 0.25) is 0 Å². The van der Waals surface area contributed by atoms with Crippen molar-refractivity contribution in [1.82, 2.24) is 4.90 Å². The van der Waals surface area contributed by atoms with Gasteiger partial charge in [-0.25, -0.2) is 0 Å². The van der Waals surface area contributed by atoms with Crippen molar-refractivity contribution in [2.45, 2.75) is 26.3 Å². The normalized spacial score (nSPS) is 26.2. The van der Waals surface area contributed by atoms with Crippen molar-refractivity contribution in [3.05, 3.63) is 0 Å². The Balaban J connectivity index is 2.24. The maximum Gasteiger partial charge on any atom is 0.0593 e. The van der Waals surface area contributed by atoms with Crippen molar-refractivity contribution in [2.75, 3.05) is 46.1 Å². The van der Waals surface area contributed by atoms with Gasteiger partial charge >= 0.3 is 0 Å². The van der Waals surface area contributed by atoms with E-state index in [9.17, 15) is 0 Å². The Labute approximate surface area is 99.1 Å². The zero-order valence-corrected chi connectivity index (χ0v) is 10.7. The monoisotopic (exact) mass is 230 g/mol. The number of hydrogen-bond donors (Lipinski definition) is 1. The van der Waals surface area contributed by atoms with Crippen LogP contribution < -0.4 is 5.73 Å². The van der Waals surface area contributed by atoms with Gasteiger partial charge in [-0.3, -0.25) is 0 Å². The maximum absolute atomic E-state index is 6.10. The van der Waals surface area contributed by atoms with E-state index in [2.05, 4.69) is 11.8 Å². The van der Waals surface area contributed by atoms with Gasteiger partial charge in [-0.05, 0) is 19.9 Å². The smallest absolute Gasteiger partial charge is 0.0593 e. The summed E-state index contributed by atoms with van der Waals surface area (Å²) in [7, 11) is 0. The molecule has 1 rings (SSSR count). The minimum Gasteiger partial charge on any atom is -0.381 e. The summed E-state index contributed by atoms with van der Waals surface area (Å²) >= 11 is 0. The van der Waals surface area contributed by atoms with Crippen LogP contribution in [0.1, 0.15) is 20.3 Å². The van der Waals surface area contributed by atoms with Crippen LogP contribution in [0.4, 0.5) is 0 Å². The molecular weight excluding hydrogens is 204 g/mol. The maximum atomic E-state index is 6.10. The molecule has 2 unspecified atom stereocenters. The molecular formula is C12H26N2O2. The Morgan fingerprint density at radius 2 is 2.25 bits per heavy atom. The second-order valence-electron chi connectivity index (χ2n) is 4.38. The highest BCUT2D eigenvalue weighted by atomic mass is 16.5. The molecule has 4 heteroatoms. The Morgan fingerprint density at radius 3 is 2.88 bits per heavy atom. The fourth-order valence-electron chi connectivity index (χ4n) is 2.05. The largest absolute Gasteiger partial charge is 0.381 e. The lowest BCUT2D eigenvalue weighted by atomic mass is 9.96. The Morgan fingerprint density at radius 1 is 1.44 bits per heavy atom. The van der Waals surface area contributed by atoms with Crippen molar-refractivity contribution >= 4 is 0 Å². The number of likely N-dealkylation sites (N-methyl/N-ethyl adjacent to an activating group) is 1. The van der Waals surface area contributed by atoms with Gasteiger partial charge in [0.05, 0.1) is 13.2 Å². The summed E-state index contributed by atoms with van der Waals surface area (Å²) in [5.41, 5.74) is 6.10. The highest BCUT2D eigenvalue weighted by Crippen LogP contribution is 2.14. The molecule has 16 heavy (non-hydrogen) atoms. The first-order chi connectivity index (χ1) is 7.77. The van der Waals surface area contributed by atoms with Crippen molar-refractivity contribution in [3.63, 3.8) is 0 Å². The summed E-state index contributed by atoms with van der Waals surface area (Å²) < 4.78 is 10.9. The van der Waals surface area contributed by atoms with E-state index in [0.717, 1.165) is 52.5 Å². The van der Waals surface area contributed by atoms with E-state index in [1.54, 1.807) is 0 Å². The van der Waals surface area contributed by atoms with E-state index >= 15 is 0 Å². The molecule has 2 atom stereocenters. The van der Waals surface area contributed by atoms with Crippen LogP contribution >= 0.6 is 0 Å². The predicted octanol–water partition coefficient (Wildman–Crippen LogP) is 0.709. The van der Waals surface area contributed by atoms with E-state index in [0.29, 0.717) is 12.0 Å². The van der Waals surface area contributed by atoms with Gasteiger partial charge in [-0.1, -0.05) is 6.92 Å². The number of ether oxygens (including phenoxy) is 2. The van der Waals surface area contributed by atoms with Crippen LogP contribution in [-0.2, 0) is 9.47 Å². The number of nitrogens with zero attached hydrogens (tertiary/aromatic N) is 1. The lowest BCUT2D eigenvalue weighted by Gasteiger charge is -2.33. The third-order valence-electron chi connectivity index (χ3n) is 3.23. The van der Waals surface area contributed by atoms with Crippen LogP contribution in [-0.4, -0.2) is 57.0 Å². The SMILES string of the molecule is CCOCCN(CC)CC1COCCC1N. The molecule has 96 valence electrons. The molecule has 1 saturated heterocycles. The van der Waals surface area contributed by atoms with Gasteiger partial charge in [0, 0.05) is 38.3 Å². The minimum absolute atomic E-state index is 0.301. The van der Waals surface area contributed by atoms with Gasteiger partial charge in [0.1, 0.15) is 0 Å². The molecule has 1 heterocycles. The fourth-order valence-corrected chi connectivity index (χ4v) is 2.05. The highest BCUT2D eigenvalue weighted by molar-refractivity contribution is 4.79. The molecule has 0 radical (unpaired) electrons. The van der Waals surface area contributed by atoms with Gasteiger partial charge < -0.3 is 20.1 Å². The quantitative estimate of drug-likeness (QED) is 0.654. The van der Waals surface area contributed by atoms with E-state index in [1.807, 2.05) is 6.92 Å². The first kappa shape index (κ1) is 13.9. The first-order valence-electron chi connectivity index (χ1n) is 6.41. The lowest BCUT2D eigenvalue weighted by molar-refractivity contribution is 0.0217. The van der Waals surface area contributed by atoms with Gasteiger partial charge in [0.2, 0.25) is 0 Å². The number of nitrogens with two attached hydrogens (primary N) is 1. The third-order valence-corrected chi connectivity index (χ3v) is 3.23. The molecule has 0 aliphatic carbocycles. The summed E-state index contributed by atoms with van der Waals surface area (Å²) in [5, 5.41) is 0. The summed E-state index contributed by atoms with van der Waals surface area (Å²) in [6.45, 7) is 10.5. The standard InChI is InChI=1S/C12H26N2O2/c1-3-14(6-8-15-4-2)9-11-10-16-7-5-12(11)13/h11-12H,3-10,13H2,1-2H3. The molecule has 1 aliphatic rings. The van der Waals surface area contributed by atoms with Crippen molar-refractivity contribution in [1.29, 1.82) is 0 Å². The zero-order chi connectivity index (χ0) is 11.8. The van der Waals surface area contributed by atoms with Crippen molar-refractivity contribution in [3.8, 4) is 0 Å². The number of hydrogen-bond acceptors (Lipinski definition) is 4. The molecule has 0 bridgehead atoms. The fraction of sp³-hybridized carbons (Fsp3) is 1.00. The van der Waals surface area contributed by atoms with E-state index in [1.165, 1.54) is 0 Å². The zero-order valence-electron chi connectivity index (χ0n) is 10.7. The Bertz CT molecular complexity index is 178. The second kappa shape index (κ2) is 8.01. The first-order valence-corrected chi connectivity index (χ1v) is 6.41. The molecule has 2 N–H and O–H groups in total. The van der Waals surface area contributed by atoms with E-state index in [-0.39, 0.29) is 0 Å². The van der Waals surface area contributed by atoms with E-state index < -0.39 is 0 Å². The molecule has 1 fully saturated rings. The third kappa shape index (κ3) is 4.78. The highest BCUT2D eigenvalue weighted by Gasteiger charge is 2.23. The summed E-state index contributed by atoms with van der Waals surface area (Å²) in [6, 6.07) is 0.301. The topological polar surface area (TPSA) is 47.7 Å². The Kier molecular flexibility index (Phi) is 6.96. The van der Waals surface area contributed by atoms with Gasteiger partial charge in [0.25, 0.3) is 0 Å². The molecule has 0 aromatic heterocycles. The number of rotatable bonds is 7. The molecule has 0 aromatic carbocycles. The average molecular weight is 230 g/mol. The van der Waals surface area contributed by atoms with E-state index in [4.69, 9.17) is 15.2 Å².